The molecular weight excluding hydrogens is 563 g/mol. The molecule has 1 aliphatic rings. The van der Waals surface area contributed by atoms with E-state index in [0.717, 1.165) is 20.3 Å². The number of aryl methyl sites for hydroxylation is 2. The predicted molar refractivity (Wildman–Crippen MR) is 144 cm³/mol. The number of nitrogens with one attached hydrogen (secondary N) is 1. The number of hydrogen-bond donors (Lipinski definition) is 1. The van der Waals surface area contributed by atoms with Crippen LogP contribution < -0.4 is 14.4 Å². The van der Waals surface area contributed by atoms with Crippen LogP contribution >= 0.6 is 0 Å². The van der Waals surface area contributed by atoms with Crippen molar-refractivity contribution in [2.75, 3.05) is 18.1 Å². The first-order valence-electron chi connectivity index (χ1n) is 12.9. The Labute approximate surface area is 236 Å². The number of carbonyl (C=O) groups is 1. The summed E-state index contributed by atoms with van der Waals surface area (Å²) in [6, 6.07) is 4.34. The van der Waals surface area contributed by atoms with Crippen LogP contribution in [0, 0.1) is 18.3 Å². The van der Waals surface area contributed by atoms with Gasteiger partial charge in [-0.25, -0.2) is 22.8 Å². The molecule has 1 unspecified atom stereocenters. The van der Waals surface area contributed by atoms with E-state index < -0.39 is 39.7 Å². The number of hydrogen-bond acceptors (Lipinski definition) is 8. The van der Waals surface area contributed by atoms with E-state index in [2.05, 4.69) is 26.8 Å². The first-order valence-corrected chi connectivity index (χ1v) is 14.4. The van der Waals surface area contributed by atoms with Gasteiger partial charge < -0.3 is 9.64 Å². The van der Waals surface area contributed by atoms with Crippen molar-refractivity contribution >= 4 is 21.7 Å². The van der Waals surface area contributed by atoms with Gasteiger partial charge >= 0.3 is 6.18 Å². The highest BCUT2D eigenvalue weighted by Crippen LogP contribution is 2.39. The highest BCUT2D eigenvalue weighted by Gasteiger charge is 2.48. The number of pyridine rings is 1. The minimum atomic E-state index is -4.45. The molecule has 0 spiro atoms. The molecular formula is C26H34F3N7O4S. The molecule has 1 N–H and O–H groups in total. The van der Waals surface area contributed by atoms with E-state index in [-0.39, 0.29) is 39.6 Å². The van der Waals surface area contributed by atoms with Crippen molar-refractivity contribution in [3.8, 4) is 11.7 Å². The molecule has 0 saturated carbocycles. The summed E-state index contributed by atoms with van der Waals surface area (Å²) in [5.74, 6) is -0.0988. The highest BCUT2D eigenvalue weighted by molar-refractivity contribution is 7.90. The molecule has 15 heteroatoms. The molecule has 1 fully saturated rings. The SMILES string of the molecule is Cc1nn(C)cc1S(=O)(=O)NC(=O)c1ccc(-n2ccc(OCC(C)(C)C(F)(F)F)n2)nc1N1CC(C)CC1(C)C. The van der Waals surface area contributed by atoms with Gasteiger partial charge in [0.15, 0.2) is 5.82 Å². The van der Waals surface area contributed by atoms with Crippen LogP contribution in [0.4, 0.5) is 19.0 Å². The number of carbonyl (C=O) groups excluding carboxylic acids is 1. The predicted octanol–water partition coefficient (Wildman–Crippen LogP) is 4.02. The van der Waals surface area contributed by atoms with Gasteiger partial charge in [-0.15, -0.1) is 5.10 Å². The van der Waals surface area contributed by atoms with E-state index in [0.29, 0.717) is 6.54 Å². The topological polar surface area (TPSA) is 124 Å². The number of rotatable bonds is 8. The van der Waals surface area contributed by atoms with Crippen molar-refractivity contribution in [3.63, 3.8) is 0 Å². The van der Waals surface area contributed by atoms with Crippen molar-refractivity contribution in [2.24, 2.45) is 18.4 Å². The Balaban J connectivity index is 1.68. The van der Waals surface area contributed by atoms with E-state index in [4.69, 9.17) is 4.74 Å². The van der Waals surface area contributed by atoms with Crippen molar-refractivity contribution in [2.45, 2.75) is 64.6 Å². The van der Waals surface area contributed by atoms with Gasteiger partial charge in [-0.1, -0.05) is 6.92 Å². The third-order valence-electron chi connectivity index (χ3n) is 7.07. The van der Waals surface area contributed by atoms with Crippen LogP contribution in [0.2, 0.25) is 0 Å². The molecule has 3 aromatic heterocycles. The maximum absolute atomic E-state index is 13.4. The molecule has 11 nitrogen and oxygen atoms in total. The normalized spacial score (nSPS) is 17.6. The van der Waals surface area contributed by atoms with Crippen LogP contribution in [0.1, 0.15) is 57.1 Å². The quantitative estimate of drug-likeness (QED) is 0.413. The van der Waals surface area contributed by atoms with E-state index in [9.17, 15) is 26.4 Å². The summed E-state index contributed by atoms with van der Waals surface area (Å²) in [7, 11) is -2.65. The zero-order chi connectivity index (χ0) is 30.5. The number of amides is 1. The molecule has 4 rings (SSSR count). The summed E-state index contributed by atoms with van der Waals surface area (Å²) < 4.78 is 75.8. The van der Waals surface area contributed by atoms with Crippen molar-refractivity contribution in [3.05, 3.63) is 41.9 Å². The number of ether oxygens (including phenoxy) is 1. The Hall–Kier alpha value is -3.62. The second-order valence-corrected chi connectivity index (χ2v) is 13.4. The van der Waals surface area contributed by atoms with E-state index in [1.165, 1.54) is 46.9 Å². The summed E-state index contributed by atoms with van der Waals surface area (Å²) >= 11 is 0. The minimum Gasteiger partial charge on any atom is -0.476 e. The average molecular weight is 598 g/mol. The van der Waals surface area contributed by atoms with Crippen LogP contribution in [-0.4, -0.2) is 63.7 Å². The van der Waals surface area contributed by atoms with Gasteiger partial charge in [-0.2, -0.15) is 18.3 Å². The van der Waals surface area contributed by atoms with Crippen molar-refractivity contribution in [1.82, 2.24) is 29.3 Å². The molecule has 224 valence electrons. The number of halogens is 3. The molecule has 1 saturated heterocycles. The minimum absolute atomic E-state index is 0.0273. The standard InChI is InChI=1S/C26H34F3N7O4S/c1-16-12-25(5,6)35(13-16)22-18(23(37)33-41(38,39)19-14-34(7)31-17(19)2)8-9-20(30-22)36-11-10-21(32-36)40-15-24(3,4)26(27,28)29/h8-11,14,16H,12-13,15H2,1-7H3,(H,33,37). The molecule has 4 heterocycles. The molecule has 0 radical (unpaired) electrons. The van der Waals surface area contributed by atoms with Gasteiger partial charge in [0.1, 0.15) is 17.3 Å². The summed E-state index contributed by atoms with van der Waals surface area (Å²) in [5.41, 5.74) is -2.20. The Morgan fingerprint density at radius 3 is 2.44 bits per heavy atom. The molecule has 3 aromatic rings. The molecule has 0 aliphatic carbocycles. The third kappa shape index (κ3) is 6.19. The highest BCUT2D eigenvalue weighted by atomic mass is 32.2. The molecule has 1 aliphatic heterocycles. The van der Waals surface area contributed by atoms with Gasteiger partial charge in [0.05, 0.1) is 16.7 Å². The monoisotopic (exact) mass is 597 g/mol. The first-order chi connectivity index (χ1) is 18.8. The molecule has 1 amide bonds. The van der Waals surface area contributed by atoms with Gasteiger partial charge in [-0.3, -0.25) is 9.48 Å². The van der Waals surface area contributed by atoms with Crippen LogP contribution in [-0.2, 0) is 17.1 Å². The lowest BCUT2D eigenvalue weighted by molar-refractivity contribution is -0.219. The lowest BCUT2D eigenvalue weighted by Gasteiger charge is -2.34. The van der Waals surface area contributed by atoms with Gasteiger partial charge in [0.25, 0.3) is 15.9 Å². The Bertz CT molecular complexity index is 1560. The fraction of sp³-hybridized carbons (Fsp3) is 0.538. The van der Waals surface area contributed by atoms with Gasteiger partial charge in [-0.05, 0) is 59.1 Å². The maximum atomic E-state index is 13.4. The number of nitrogens with zero attached hydrogens (tertiary/aromatic N) is 6. The van der Waals surface area contributed by atoms with Crippen LogP contribution in [0.25, 0.3) is 5.82 Å². The Morgan fingerprint density at radius 2 is 1.88 bits per heavy atom. The smallest absolute Gasteiger partial charge is 0.397 e. The van der Waals surface area contributed by atoms with Crippen LogP contribution in [0.15, 0.2) is 35.5 Å². The zero-order valence-corrected chi connectivity index (χ0v) is 24.8. The summed E-state index contributed by atoms with van der Waals surface area (Å²) in [6.07, 6.45) is -0.853. The fourth-order valence-corrected chi connectivity index (χ4v) is 6.02. The lowest BCUT2D eigenvalue weighted by atomic mass is 9.94. The van der Waals surface area contributed by atoms with Gasteiger partial charge in [0.2, 0.25) is 5.88 Å². The number of anilines is 1. The van der Waals surface area contributed by atoms with Crippen LogP contribution in [0.3, 0.4) is 0 Å². The number of alkyl halides is 3. The second-order valence-electron chi connectivity index (χ2n) is 11.7. The molecule has 41 heavy (non-hydrogen) atoms. The Morgan fingerprint density at radius 1 is 1.20 bits per heavy atom. The average Bonchev–Trinajstić information content (AvgIpc) is 3.52. The molecule has 0 aromatic carbocycles. The summed E-state index contributed by atoms with van der Waals surface area (Å²) in [4.78, 5) is 19.9. The third-order valence-corrected chi connectivity index (χ3v) is 8.50. The van der Waals surface area contributed by atoms with E-state index in [1.807, 2.05) is 18.7 Å². The van der Waals surface area contributed by atoms with Crippen molar-refractivity contribution < 1.29 is 31.1 Å². The summed E-state index contributed by atoms with van der Waals surface area (Å²) in [6.45, 7) is 9.62. The van der Waals surface area contributed by atoms with Crippen molar-refractivity contribution in [1.29, 1.82) is 0 Å². The van der Waals surface area contributed by atoms with E-state index >= 15 is 0 Å². The maximum Gasteiger partial charge on any atom is 0.397 e. The number of aromatic nitrogens is 5. The number of sulfonamides is 1. The zero-order valence-electron chi connectivity index (χ0n) is 23.9. The second kappa shape index (κ2) is 10.3. The molecule has 0 bridgehead atoms. The Kier molecular flexibility index (Phi) is 7.65. The largest absolute Gasteiger partial charge is 0.476 e. The summed E-state index contributed by atoms with van der Waals surface area (Å²) in [5, 5.41) is 8.25. The van der Waals surface area contributed by atoms with Crippen LogP contribution in [0.5, 0.6) is 5.88 Å². The van der Waals surface area contributed by atoms with Gasteiger partial charge in [0, 0.05) is 37.6 Å². The molecule has 1 atom stereocenters. The lowest BCUT2D eigenvalue weighted by Crippen LogP contribution is -2.41. The van der Waals surface area contributed by atoms with E-state index in [1.54, 1.807) is 7.05 Å². The fourth-order valence-electron chi connectivity index (χ4n) is 4.83. The first kappa shape index (κ1) is 30.3.